The first-order valence-electron chi connectivity index (χ1n) is 4.72. The molecule has 0 fully saturated rings. The van der Waals surface area contributed by atoms with Gasteiger partial charge in [-0.15, -0.1) is 13.2 Å². The van der Waals surface area contributed by atoms with Crippen LogP contribution in [0.2, 0.25) is 0 Å². The van der Waals surface area contributed by atoms with Gasteiger partial charge in [-0.1, -0.05) is 0 Å². The van der Waals surface area contributed by atoms with Crippen molar-refractivity contribution in [1.29, 1.82) is 0 Å². The van der Waals surface area contributed by atoms with Gasteiger partial charge in [-0.2, -0.15) is 13.2 Å². The summed E-state index contributed by atoms with van der Waals surface area (Å²) in [7, 11) is 0. The lowest BCUT2D eigenvalue weighted by Gasteiger charge is -2.16. The standard InChI is InChI=1S/C9H5ClF6N2O2/c10-6(19)5-4(8(11,12)13)1-3(2-17)7(18-5)20-9(14,15)16/h1H,2,17H2. The molecule has 0 radical (unpaired) electrons. The van der Waals surface area contributed by atoms with Gasteiger partial charge >= 0.3 is 12.5 Å². The summed E-state index contributed by atoms with van der Waals surface area (Å²) in [5, 5.41) is -1.67. The van der Waals surface area contributed by atoms with Gasteiger partial charge in [0.15, 0.2) is 0 Å². The number of carbonyl (C=O) groups is 1. The third-order valence-corrected chi connectivity index (χ3v) is 2.16. The van der Waals surface area contributed by atoms with Crippen LogP contribution in [0.5, 0.6) is 5.88 Å². The Morgan fingerprint density at radius 1 is 1.30 bits per heavy atom. The highest BCUT2D eigenvalue weighted by Crippen LogP contribution is 2.35. The lowest BCUT2D eigenvalue weighted by Crippen LogP contribution is -2.22. The third kappa shape index (κ3) is 3.97. The van der Waals surface area contributed by atoms with Crippen molar-refractivity contribution >= 4 is 16.8 Å². The number of pyridine rings is 1. The molecule has 20 heavy (non-hydrogen) atoms. The van der Waals surface area contributed by atoms with Gasteiger partial charge in [0.25, 0.3) is 5.24 Å². The van der Waals surface area contributed by atoms with E-state index in [2.05, 4.69) is 9.72 Å². The van der Waals surface area contributed by atoms with Crippen LogP contribution in [0.15, 0.2) is 6.07 Å². The van der Waals surface area contributed by atoms with Crippen molar-refractivity contribution in [3.05, 3.63) is 22.9 Å². The molecule has 0 bridgehead atoms. The van der Waals surface area contributed by atoms with E-state index >= 15 is 0 Å². The van der Waals surface area contributed by atoms with Gasteiger partial charge in [0, 0.05) is 12.1 Å². The van der Waals surface area contributed by atoms with Crippen molar-refractivity contribution in [3.63, 3.8) is 0 Å². The summed E-state index contributed by atoms with van der Waals surface area (Å²) in [5.74, 6) is -1.25. The summed E-state index contributed by atoms with van der Waals surface area (Å²) in [6, 6.07) is 0.240. The van der Waals surface area contributed by atoms with E-state index in [1.807, 2.05) is 0 Å². The maximum absolute atomic E-state index is 12.6. The van der Waals surface area contributed by atoms with Crippen LogP contribution < -0.4 is 10.5 Å². The van der Waals surface area contributed by atoms with Gasteiger partial charge in [0.1, 0.15) is 5.69 Å². The first-order valence-corrected chi connectivity index (χ1v) is 5.10. The summed E-state index contributed by atoms with van der Waals surface area (Å²) < 4.78 is 77.6. The molecule has 1 aromatic heterocycles. The van der Waals surface area contributed by atoms with E-state index in [9.17, 15) is 31.1 Å². The van der Waals surface area contributed by atoms with Crippen molar-refractivity contribution in [2.75, 3.05) is 0 Å². The second-order valence-electron chi connectivity index (χ2n) is 3.37. The number of alkyl halides is 6. The number of nitrogens with two attached hydrogens (primary N) is 1. The smallest absolute Gasteiger partial charge is 0.388 e. The van der Waals surface area contributed by atoms with Gasteiger partial charge in [-0.05, 0) is 17.7 Å². The molecule has 112 valence electrons. The number of carbonyl (C=O) groups excluding carboxylic acids is 1. The second-order valence-corrected chi connectivity index (χ2v) is 3.72. The molecule has 0 unspecified atom stereocenters. The Hall–Kier alpha value is -1.55. The molecule has 11 heteroatoms. The Morgan fingerprint density at radius 3 is 2.20 bits per heavy atom. The number of nitrogens with zero attached hydrogens (tertiary/aromatic N) is 1. The Balaban J connectivity index is 3.49. The fourth-order valence-electron chi connectivity index (χ4n) is 1.25. The normalized spacial score (nSPS) is 12.4. The first-order chi connectivity index (χ1) is 8.95. The van der Waals surface area contributed by atoms with Crippen molar-refractivity contribution in [2.24, 2.45) is 5.73 Å². The van der Waals surface area contributed by atoms with Crippen LogP contribution in [0.3, 0.4) is 0 Å². The summed E-state index contributed by atoms with van der Waals surface area (Å²) in [6.07, 6.45) is -10.2. The Labute approximate surface area is 112 Å². The van der Waals surface area contributed by atoms with Crippen molar-refractivity contribution in [1.82, 2.24) is 4.98 Å². The predicted molar refractivity (Wildman–Crippen MR) is 54.0 cm³/mol. The number of rotatable bonds is 3. The summed E-state index contributed by atoms with van der Waals surface area (Å²) >= 11 is 4.88. The van der Waals surface area contributed by atoms with E-state index in [4.69, 9.17) is 17.3 Å². The number of hydrogen-bond donors (Lipinski definition) is 1. The Kier molecular flexibility index (Phi) is 4.49. The maximum Gasteiger partial charge on any atom is 0.574 e. The van der Waals surface area contributed by atoms with Gasteiger partial charge < -0.3 is 10.5 Å². The third-order valence-electron chi connectivity index (χ3n) is 1.99. The van der Waals surface area contributed by atoms with Crippen LogP contribution in [0.1, 0.15) is 21.6 Å². The topological polar surface area (TPSA) is 65.2 Å². The molecule has 1 heterocycles. The van der Waals surface area contributed by atoms with Crippen LogP contribution in [-0.2, 0) is 12.7 Å². The van der Waals surface area contributed by atoms with Crippen LogP contribution in [-0.4, -0.2) is 16.6 Å². The maximum atomic E-state index is 12.6. The molecular formula is C9H5ClF6N2O2. The minimum absolute atomic E-state index is 0.240. The van der Waals surface area contributed by atoms with Crippen molar-refractivity contribution in [2.45, 2.75) is 19.1 Å². The minimum atomic E-state index is -5.21. The molecule has 1 rings (SSSR count). The van der Waals surface area contributed by atoms with Gasteiger partial charge in [0.05, 0.1) is 5.56 Å². The van der Waals surface area contributed by atoms with Crippen LogP contribution in [0.4, 0.5) is 26.3 Å². The predicted octanol–water partition coefficient (Wildman–Crippen LogP) is 2.84. The Morgan fingerprint density at radius 2 is 1.85 bits per heavy atom. The van der Waals surface area contributed by atoms with E-state index in [1.54, 1.807) is 0 Å². The van der Waals surface area contributed by atoms with E-state index in [1.165, 1.54) is 0 Å². The summed E-state index contributed by atoms with van der Waals surface area (Å²) in [5.41, 5.74) is 1.38. The van der Waals surface area contributed by atoms with Crippen molar-refractivity contribution < 1.29 is 35.9 Å². The molecule has 0 spiro atoms. The fourth-order valence-corrected chi connectivity index (χ4v) is 1.39. The SMILES string of the molecule is NCc1cc(C(F)(F)F)c(C(=O)Cl)nc1OC(F)(F)F. The van der Waals surface area contributed by atoms with E-state index in [-0.39, 0.29) is 6.07 Å². The zero-order valence-corrected chi connectivity index (χ0v) is 10.0. The average molecular weight is 323 g/mol. The number of aromatic nitrogens is 1. The van der Waals surface area contributed by atoms with Crippen LogP contribution in [0.25, 0.3) is 0 Å². The van der Waals surface area contributed by atoms with Crippen LogP contribution in [0, 0.1) is 0 Å². The molecule has 0 aliphatic heterocycles. The highest BCUT2D eigenvalue weighted by atomic mass is 35.5. The Bertz CT molecular complexity index is 528. The van der Waals surface area contributed by atoms with Gasteiger partial charge in [0.2, 0.25) is 5.88 Å². The molecule has 0 aliphatic carbocycles. The molecule has 2 N–H and O–H groups in total. The highest BCUT2D eigenvalue weighted by Gasteiger charge is 2.39. The van der Waals surface area contributed by atoms with Gasteiger partial charge in [-0.3, -0.25) is 4.79 Å². The molecule has 0 saturated carbocycles. The van der Waals surface area contributed by atoms with E-state index in [0.29, 0.717) is 0 Å². The fraction of sp³-hybridized carbons (Fsp3) is 0.333. The molecule has 0 aromatic carbocycles. The largest absolute Gasteiger partial charge is 0.574 e. The molecule has 0 atom stereocenters. The van der Waals surface area contributed by atoms with E-state index < -0.39 is 47.0 Å². The average Bonchev–Trinajstić information content (AvgIpc) is 2.24. The highest BCUT2D eigenvalue weighted by molar-refractivity contribution is 6.67. The monoisotopic (exact) mass is 322 g/mol. The number of halogens is 7. The minimum Gasteiger partial charge on any atom is -0.388 e. The lowest BCUT2D eigenvalue weighted by molar-refractivity contribution is -0.276. The quantitative estimate of drug-likeness (QED) is 0.686. The number of hydrogen-bond acceptors (Lipinski definition) is 4. The molecule has 0 amide bonds. The second kappa shape index (κ2) is 5.44. The molecule has 0 aliphatic rings. The first kappa shape index (κ1) is 16.5. The molecule has 0 saturated heterocycles. The van der Waals surface area contributed by atoms with Gasteiger partial charge in [-0.25, -0.2) is 4.98 Å². The molecule has 4 nitrogen and oxygen atoms in total. The molecule has 1 aromatic rings. The van der Waals surface area contributed by atoms with E-state index in [0.717, 1.165) is 0 Å². The lowest BCUT2D eigenvalue weighted by atomic mass is 10.1. The zero-order chi connectivity index (χ0) is 15.7. The summed E-state index contributed by atoms with van der Waals surface area (Å²) in [4.78, 5) is 13.7. The molecular weight excluding hydrogens is 318 g/mol. The zero-order valence-electron chi connectivity index (χ0n) is 9.27. The van der Waals surface area contributed by atoms with Crippen molar-refractivity contribution in [3.8, 4) is 5.88 Å². The number of ether oxygens (including phenoxy) is 1. The summed E-state index contributed by atoms with van der Waals surface area (Å²) in [6.45, 7) is -0.710. The van der Waals surface area contributed by atoms with Crippen LogP contribution >= 0.6 is 11.6 Å².